The van der Waals surface area contributed by atoms with Crippen LogP contribution in [0.3, 0.4) is 0 Å². The van der Waals surface area contributed by atoms with Gasteiger partial charge in [-0.25, -0.2) is 0 Å². The molecule has 2 aromatic carbocycles. The first kappa shape index (κ1) is 16.3. The van der Waals surface area contributed by atoms with Gasteiger partial charge in [0.25, 0.3) is 0 Å². The lowest BCUT2D eigenvalue weighted by Gasteiger charge is -2.17. The quantitative estimate of drug-likeness (QED) is 0.709. The summed E-state index contributed by atoms with van der Waals surface area (Å²) in [6.07, 6.45) is 1.35. The zero-order valence-electron chi connectivity index (χ0n) is 13.0. The van der Waals surface area contributed by atoms with E-state index in [0.29, 0.717) is 0 Å². The van der Waals surface area contributed by atoms with Crippen LogP contribution < -0.4 is 10.1 Å². The molecular formula is C18H24BrNO. The molecule has 0 aliphatic rings. The van der Waals surface area contributed by atoms with Crippen molar-refractivity contribution in [1.82, 2.24) is 5.32 Å². The third-order valence-corrected chi connectivity index (χ3v) is 4.30. The SMILES string of the molecule is CC(C)CCNCC(C)Oc1ccc2ccccc2c1Br. The molecule has 0 spiro atoms. The Morgan fingerprint density at radius 1 is 1.10 bits per heavy atom. The Morgan fingerprint density at radius 3 is 2.62 bits per heavy atom. The third-order valence-electron chi connectivity index (χ3n) is 3.49. The summed E-state index contributed by atoms with van der Waals surface area (Å²) < 4.78 is 7.09. The lowest BCUT2D eigenvalue weighted by atomic mass is 10.1. The van der Waals surface area contributed by atoms with E-state index < -0.39 is 0 Å². The van der Waals surface area contributed by atoms with Crippen LogP contribution in [0.5, 0.6) is 5.75 Å². The second-order valence-electron chi connectivity index (χ2n) is 5.91. The number of benzene rings is 2. The van der Waals surface area contributed by atoms with E-state index in [1.54, 1.807) is 0 Å². The average molecular weight is 350 g/mol. The number of fused-ring (bicyclic) bond motifs is 1. The van der Waals surface area contributed by atoms with E-state index in [1.165, 1.54) is 17.2 Å². The Bertz CT molecular complexity index is 582. The molecule has 0 radical (unpaired) electrons. The largest absolute Gasteiger partial charge is 0.488 e. The molecule has 114 valence electrons. The highest BCUT2D eigenvalue weighted by Gasteiger charge is 2.09. The molecule has 1 unspecified atom stereocenters. The Balaban J connectivity index is 1.94. The van der Waals surface area contributed by atoms with E-state index in [4.69, 9.17) is 4.74 Å². The summed E-state index contributed by atoms with van der Waals surface area (Å²) in [5.41, 5.74) is 0. The number of rotatable bonds is 7. The number of halogens is 1. The molecule has 0 saturated heterocycles. The van der Waals surface area contributed by atoms with E-state index in [0.717, 1.165) is 29.2 Å². The zero-order valence-corrected chi connectivity index (χ0v) is 14.6. The van der Waals surface area contributed by atoms with Crippen molar-refractivity contribution in [3.63, 3.8) is 0 Å². The maximum Gasteiger partial charge on any atom is 0.134 e. The van der Waals surface area contributed by atoms with E-state index in [2.05, 4.69) is 66.3 Å². The van der Waals surface area contributed by atoms with Gasteiger partial charge in [-0.3, -0.25) is 0 Å². The molecule has 0 aromatic heterocycles. The summed E-state index contributed by atoms with van der Waals surface area (Å²) in [6, 6.07) is 12.5. The van der Waals surface area contributed by atoms with Crippen LogP contribution in [0.15, 0.2) is 40.9 Å². The minimum atomic E-state index is 0.148. The number of hydrogen-bond acceptors (Lipinski definition) is 2. The molecule has 3 heteroatoms. The Kier molecular flexibility index (Phi) is 6.07. The van der Waals surface area contributed by atoms with Crippen LogP contribution in [0.25, 0.3) is 10.8 Å². The van der Waals surface area contributed by atoms with Gasteiger partial charge in [0.2, 0.25) is 0 Å². The molecule has 0 amide bonds. The van der Waals surface area contributed by atoms with Crippen molar-refractivity contribution in [2.45, 2.75) is 33.3 Å². The van der Waals surface area contributed by atoms with Gasteiger partial charge in [-0.1, -0.05) is 44.2 Å². The summed E-state index contributed by atoms with van der Waals surface area (Å²) in [4.78, 5) is 0. The van der Waals surface area contributed by atoms with Crippen LogP contribution in [-0.2, 0) is 0 Å². The normalized spacial score (nSPS) is 12.8. The standard InChI is InChI=1S/C18H24BrNO/c1-13(2)10-11-20-12-14(3)21-17-9-8-15-6-4-5-7-16(15)18(17)19/h4-9,13-14,20H,10-12H2,1-3H3. The van der Waals surface area contributed by atoms with Gasteiger partial charge in [0, 0.05) is 6.54 Å². The highest BCUT2D eigenvalue weighted by molar-refractivity contribution is 9.10. The lowest BCUT2D eigenvalue weighted by Crippen LogP contribution is -2.30. The van der Waals surface area contributed by atoms with Gasteiger partial charge in [-0.05, 0) is 58.6 Å². The second-order valence-corrected chi connectivity index (χ2v) is 6.71. The van der Waals surface area contributed by atoms with Gasteiger partial charge < -0.3 is 10.1 Å². The Morgan fingerprint density at radius 2 is 1.86 bits per heavy atom. The molecule has 21 heavy (non-hydrogen) atoms. The molecule has 2 nitrogen and oxygen atoms in total. The zero-order chi connectivity index (χ0) is 15.2. The minimum Gasteiger partial charge on any atom is -0.488 e. The average Bonchev–Trinajstić information content (AvgIpc) is 2.47. The molecule has 0 saturated carbocycles. The monoisotopic (exact) mass is 349 g/mol. The fraction of sp³-hybridized carbons (Fsp3) is 0.444. The first-order valence-electron chi connectivity index (χ1n) is 7.62. The first-order chi connectivity index (χ1) is 10.1. The summed E-state index contributed by atoms with van der Waals surface area (Å²) >= 11 is 3.67. The van der Waals surface area contributed by atoms with Crippen molar-refractivity contribution in [2.24, 2.45) is 5.92 Å². The van der Waals surface area contributed by atoms with Gasteiger partial charge in [0.05, 0.1) is 4.47 Å². The summed E-state index contributed by atoms with van der Waals surface area (Å²) in [7, 11) is 0. The lowest BCUT2D eigenvalue weighted by molar-refractivity contribution is 0.215. The summed E-state index contributed by atoms with van der Waals surface area (Å²) in [6.45, 7) is 8.50. The van der Waals surface area contributed by atoms with Crippen molar-refractivity contribution < 1.29 is 4.74 Å². The number of ether oxygens (including phenoxy) is 1. The smallest absolute Gasteiger partial charge is 0.134 e. The van der Waals surface area contributed by atoms with E-state index in [1.807, 2.05) is 12.1 Å². The number of nitrogens with one attached hydrogen (secondary N) is 1. The van der Waals surface area contributed by atoms with Gasteiger partial charge in [-0.15, -0.1) is 0 Å². The molecule has 0 bridgehead atoms. The summed E-state index contributed by atoms with van der Waals surface area (Å²) in [5.74, 6) is 1.65. The predicted molar refractivity (Wildman–Crippen MR) is 94.1 cm³/mol. The third kappa shape index (κ3) is 4.72. The molecule has 0 heterocycles. The molecule has 2 rings (SSSR count). The highest BCUT2D eigenvalue weighted by Crippen LogP contribution is 2.33. The van der Waals surface area contributed by atoms with Crippen molar-refractivity contribution in [3.05, 3.63) is 40.9 Å². The molecule has 2 aromatic rings. The highest BCUT2D eigenvalue weighted by atomic mass is 79.9. The molecule has 1 atom stereocenters. The predicted octanol–water partition coefficient (Wildman–Crippen LogP) is 5.01. The molecule has 0 aliphatic heterocycles. The van der Waals surface area contributed by atoms with Crippen molar-refractivity contribution in [2.75, 3.05) is 13.1 Å². The second kappa shape index (κ2) is 7.81. The van der Waals surface area contributed by atoms with Crippen LogP contribution in [0, 0.1) is 5.92 Å². The van der Waals surface area contributed by atoms with Crippen LogP contribution in [-0.4, -0.2) is 19.2 Å². The Labute approximate surface area is 136 Å². The molecule has 0 fully saturated rings. The topological polar surface area (TPSA) is 21.3 Å². The maximum absolute atomic E-state index is 6.05. The number of hydrogen-bond donors (Lipinski definition) is 1. The van der Waals surface area contributed by atoms with Crippen molar-refractivity contribution in [3.8, 4) is 5.75 Å². The Hall–Kier alpha value is -1.06. The van der Waals surface area contributed by atoms with E-state index >= 15 is 0 Å². The minimum absolute atomic E-state index is 0.148. The summed E-state index contributed by atoms with van der Waals surface area (Å²) in [5, 5.41) is 5.86. The van der Waals surface area contributed by atoms with E-state index in [9.17, 15) is 0 Å². The van der Waals surface area contributed by atoms with Crippen LogP contribution in [0.2, 0.25) is 0 Å². The van der Waals surface area contributed by atoms with Gasteiger partial charge in [-0.2, -0.15) is 0 Å². The fourth-order valence-corrected chi connectivity index (χ4v) is 2.85. The first-order valence-corrected chi connectivity index (χ1v) is 8.42. The molecular weight excluding hydrogens is 326 g/mol. The molecule has 0 aliphatic carbocycles. The van der Waals surface area contributed by atoms with Gasteiger partial charge >= 0.3 is 0 Å². The van der Waals surface area contributed by atoms with Gasteiger partial charge in [0.15, 0.2) is 0 Å². The maximum atomic E-state index is 6.05. The fourth-order valence-electron chi connectivity index (χ4n) is 2.26. The van der Waals surface area contributed by atoms with Gasteiger partial charge in [0.1, 0.15) is 11.9 Å². The van der Waals surface area contributed by atoms with Crippen molar-refractivity contribution >= 4 is 26.7 Å². The van der Waals surface area contributed by atoms with Crippen LogP contribution in [0.4, 0.5) is 0 Å². The van der Waals surface area contributed by atoms with Crippen LogP contribution >= 0.6 is 15.9 Å². The van der Waals surface area contributed by atoms with E-state index in [-0.39, 0.29) is 6.10 Å². The molecule has 1 N–H and O–H groups in total. The van der Waals surface area contributed by atoms with Crippen LogP contribution in [0.1, 0.15) is 27.2 Å². The van der Waals surface area contributed by atoms with Crippen molar-refractivity contribution in [1.29, 1.82) is 0 Å².